The molecular formula is C24H18N4O5. The number of hydrogen-bond donors (Lipinski definition) is 3. The van der Waals surface area contributed by atoms with Crippen LogP contribution in [0.4, 0.5) is 5.69 Å². The fourth-order valence-corrected chi connectivity index (χ4v) is 3.99. The topological polar surface area (TPSA) is 132 Å². The van der Waals surface area contributed by atoms with Gasteiger partial charge in [-0.1, -0.05) is 29.4 Å². The maximum Gasteiger partial charge on any atom is 0.271 e. The third kappa shape index (κ3) is 3.18. The van der Waals surface area contributed by atoms with Crippen LogP contribution in [0.3, 0.4) is 0 Å². The van der Waals surface area contributed by atoms with Crippen LogP contribution in [0.2, 0.25) is 0 Å². The lowest BCUT2D eigenvalue weighted by molar-refractivity contribution is -0.113. The van der Waals surface area contributed by atoms with Gasteiger partial charge in [0.15, 0.2) is 5.76 Å². The number of hydrogen-bond acceptors (Lipinski definition) is 6. The second-order valence-corrected chi connectivity index (χ2v) is 7.41. The maximum atomic E-state index is 13.3. The highest BCUT2D eigenvalue weighted by Gasteiger charge is 2.35. The van der Waals surface area contributed by atoms with Gasteiger partial charge in [-0.3, -0.25) is 24.6 Å². The van der Waals surface area contributed by atoms with E-state index in [2.05, 4.69) is 15.4 Å². The van der Waals surface area contributed by atoms with Crippen molar-refractivity contribution in [3.63, 3.8) is 0 Å². The van der Waals surface area contributed by atoms with E-state index in [4.69, 9.17) is 4.52 Å². The number of carbonyl (C=O) groups is 2. The lowest BCUT2D eigenvalue weighted by atomic mass is 9.94. The third-order valence-corrected chi connectivity index (χ3v) is 5.55. The van der Waals surface area contributed by atoms with Crippen molar-refractivity contribution in [2.75, 3.05) is 11.4 Å². The average molecular weight is 442 g/mol. The molecule has 0 saturated carbocycles. The molecule has 1 amide bonds. The van der Waals surface area contributed by atoms with E-state index in [1.165, 1.54) is 23.2 Å². The fourth-order valence-electron chi connectivity index (χ4n) is 3.99. The molecule has 0 radical (unpaired) electrons. The molecule has 2 aromatic carbocycles. The Morgan fingerprint density at radius 1 is 1.03 bits per heavy atom. The molecule has 33 heavy (non-hydrogen) atoms. The Kier molecular flexibility index (Phi) is 4.78. The molecule has 0 saturated heterocycles. The average Bonchev–Trinajstić information content (AvgIpc) is 3.42. The van der Waals surface area contributed by atoms with Crippen molar-refractivity contribution in [1.82, 2.24) is 15.4 Å². The zero-order chi connectivity index (χ0) is 23.1. The molecule has 3 N–H and O–H groups in total. The summed E-state index contributed by atoms with van der Waals surface area (Å²) in [5.74, 6) is -0.755. The second kappa shape index (κ2) is 7.79. The number of amides is 1. The lowest BCUT2D eigenvalue weighted by Gasteiger charge is -2.28. The maximum absolute atomic E-state index is 13.3. The molecule has 0 unspecified atom stereocenters. The molecule has 5 rings (SSSR count). The van der Waals surface area contributed by atoms with Gasteiger partial charge in [0.1, 0.15) is 11.3 Å². The Bertz CT molecular complexity index is 1590. The summed E-state index contributed by atoms with van der Waals surface area (Å²) in [7, 11) is 0. The molecule has 9 nitrogen and oxygen atoms in total. The summed E-state index contributed by atoms with van der Waals surface area (Å²) in [5.41, 5.74) is 1.03. The molecule has 3 heterocycles. The summed E-state index contributed by atoms with van der Waals surface area (Å²) in [6.45, 7) is 2.16. The molecule has 1 aliphatic rings. The minimum absolute atomic E-state index is 0.0192. The summed E-state index contributed by atoms with van der Waals surface area (Å²) < 4.78 is 5.32. The SMILES string of the molecule is CCN1C(=O)/C(=c2/[nH][nH]c(=O)/c2=C\c2cnoc2-c2ccccc2O)C(=O)c2ccccc21. The first kappa shape index (κ1) is 20.3. The number of benzene rings is 2. The van der Waals surface area contributed by atoms with E-state index in [0.29, 0.717) is 28.9 Å². The van der Waals surface area contributed by atoms with Crippen LogP contribution in [-0.4, -0.2) is 38.7 Å². The van der Waals surface area contributed by atoms with Gasteiger partial charge in [0.2, 0.25) is 5.78 Å². The number of ketones is 1. The standard InChI is InChI=1S/C24H18N4O5/c1-2-28-17-9-5-3-7-14(17)21(30)19(24(28)32)20-16(23(31)27-26-20)11-13-12-25-33-22(13)15-8-4-6-10-18(15)29/h3-12,26,29H,2H2,1H3,(H,27,31)/b16-11-,20-19+. The zero-order valence-corrected chi connectivity index (χ0v) is 17.5. The predicted octanol–water partition coefficient (Wildman–Crippen LogP) is 1.29. The Hall–Kier alpha value is -4.66. The van der Waals surface area contributed by atoms with E-state index < -0.39 is 17.2 Å². The highest BCUT2D eigenvalue weighted by atomic mass is 16.5. The molecular weight excluding hydrogens is 424 g/mol. The fraction of sp³-hybridized carbons (Fsp3) is 0.0833. The number of fused-ring (bicyclic) bond motifs is 1. The van der Waals surface area contributed by atoms with Crippen molar-refractivity contribution >= 4 is 29.0 Å². The van der Waals surface area contributed by atoms with Crippen molar-refractivity contribution in [2.45, 2.75) is 6.92 Å². The molecule has 9 heteroatoms. The number of nitrogens with one attached hydrogen (secondary N) is 2. The highest BCUT2D eigenvalue weighted by Crippen LogP contribution is 2.32. The number of aromatic amines is 2. The van der Waals surface area contributed by atoms with Gasteiger partial charge in [-0.05, 0) is 37.3 Å². The first-order chi connectivity index (χ1) is 16.0. The van der Waals surface area contributed by atoms with Gasteiger partial charge in [0.25, 0.3) is 11.5 Å². The number of carbonyl (C=O) groups excluding carboxylic acids is 2. The first-order valence-electron chi connectivity index (χ1n) is 10.2. The molecule has 2 aromatic heterocycles. The second-order valence-electron chi connectivity index (χ2n) is 7.41. The van der Waals surface area contributed by atoms with E-state index >= 15 is 0 Å². The Labute approximate surface area is 186 Å². The van der Waals surface area contributed by atoms with E-state index in [1.807, 2.05) is 6.92 Å². The normalized spacial score (nSPS) is 15.8. The Balaban J connectivity index is 1.78. The minimum atomic E-state index is -0.524. The van der Waals surface area contributed by atoms with E-state index in [9.17, 15) is 19.5 Å². The summed E-state index contributed by atoms with van der Waals surface area (Å²) in [4.78, 5) is 40.7. The zero-order valence-electron chi connectivity index (χ0n) is 17.5. The molecule has 0 spiro atoms. The number of phenols is 1. The molecule has 4 aromatic rings. The number of Topliss-reactive ketones (excluding diaryl/α,β-unsaturated/α-hetero) is 1. The van der Waals surface area contributed by atoms with Gasteiger partial charge in [-0.2, -0.15) is 0 Å². The molecule has 0 fully saturated rings. The summed E-state index contributed by atoms with van der Waals surface area (Å²) >= 11 is 0. The highest BCUT2D eigenvalue weighted by molar-refractivity contribution is 6.51. The number of aromatic hydroxyl groups is 1. The van der Waals surface area contributed by atoms with Gasteiger partial charge in [-0.25, -0.2) is 0 Å². The number of rotatable bonds is 3. The van der Waals surface area contributed by atoms with Crippen molar-refractivity contribution in [3.05, 3.63) is 86.8 Å². The van der Waals surface area contributed by atoms with Crippen LogP contribution in [0.25, 0.3) is 23.0 Å². The van der Waals surface area contributed by atoms with Crippen molar-refractivity contribution in [3.8, 4) is 17.1 Å². The summed E-state index contributed by atoms with van der Waals surface area (Å²) in [5, 5.41) is 19.3. The monoisotopic (exact) mass is 442 g/mol. The van der Waals surface area contributed by atoms with Crippen molar-refractivity contribution in [1.29, 1.82) is 0 Å². The van der Waals surface area contributed by atoms with E-state index in [1.54, 1.807) is 42.5 Å². The van der Waals surface area contributed by atoms with Gasteiger partial charge in [0, 0.05) is 17.7 Å². The summed E-state index contributed by atoms with van der Waals surface area (Å²) in [6.07, 6.45) is 2.86. The smallest absolute Gasteiger partial charge is 0.271 e. The number of para-hydroxylation sites is 2. The number of aromatic nitrogens is 3. The molecule has 164 valence electrons. The number of nitrogens with zero attached hydrogens (tertiary/aromatic N) is 2. The van der Waals surface area contributed by atoms with Crippen LogP contribution in [0.5, 0.6) is 5.75 Å². The van der Waals surface area contributed by atoms with Gasteiger partial charge < -0.3 is 14.5 Å². The van der Waals surface area contributed by atoms with Crippen LogP contribution in [0, 0.1) is 0 Å². The molecule has 0 bridgehead atoms. The Morgan fingerprint density at radius 2 is 1.76 bits per heavy atom. The largest absolute Gasteiger partial charge is 0.507 e. The third-order valence-electron chi connectivity index (χ3n) is 5.55. The number of H-pyrrole nitrogens is 2. The predicted molar refractivity (Wildman–Crippen MR) is 120 cm³/mol. The molecule has 0 atom stereocenters. The van der Waals surface area contributed by atoms with Crippen LogP contribution in [0.15, 0.2) is 64.0 Å². The lowest BCUT2D eigenvalue weighted by Crippen LogP contribution is -2.45. The first-order valence-corrected chi connectivity index (χ1v) is 10.2. The van der Waals surface area contributed by atoms with Gasteiger partial charge in [0.05, 0.1) is 28.0 Å². The quantitative estimate of drug-likeness (QED) is 0.438. The van der Waals surface area contributed by atoms with Gasteiger partial charge in [-0.15, -0.1) is 0 Å². The Morgan fingerprint density at radius 3 is 2.52 bits per heavy atom. The minimum Gasteiger partial charge on any atom is -0.507 e. The number of anilines is 1. The van der Waals surface area contributed by atoms with Crippen LogP contribution >= 0.6 is 0 Å². The van der Waals surface area contributed by atoms with Gasteiger partial charge >= 0.3 is 0 Å². The van der Waals surface area contributed by atoms with E-state index in [0.717, 1.165) is 0 Å². The van der Waals surface area contributed by atoms with Crippen molar-refractivity contribution in [2.24, 2.45) is 0 Å². The molecule has 0 aliphatic carbocycles. The molecule has 1 aliphatic heterocycles. The van der Waals surface area contributed by atoms with Crippen LogP contribution in [-0.2, 0) is 4.79 Å². The van der Waals surface area contributed by atoms with Crippen LogP contribution in [0.1, 0.15) is 22.8 Å². The summed E-state index contributed by atoms with van der Waals surface area (Å²) in [6, 6.07) is 13.4. The van der Waals surface area contributed by atoms with E-state index in [-0.39, 0.29) is 27.7 Å². The van der Waals surface area contributed by atoms with Crippen molar-refractivity contribution < 1.29 is 19.2 Å². The number of phenolic OH excluding ortho intramolecular Hbond substituents is 1. The van der Waals surface area contributed by atoms with Crippen LogP contribution < -0.4 is 21.0 Å².